The standard InChI is InChI=1S/C11H12N2O6S2/c1-13-8(14)4-2-6(10(13)15)12-21(18,19)9-5-3-7(20-9)11(16)17/h3,5-6,12H,2,4H2,1H3,(H,16,17). The molecule has 2 heterocycles. The number of rotatable bonds is 4. The number of sulfonamides is 1. The number of imide groups is 1. The van der Waals surface area contributed by atoms with E-state index in [2.05, 4.69) is 4.72 Å². The van der Waals surface area contributed by atoms with Crippen LogP contribution in [-0.2, 0) is 19.6 Å². The number of carboxylic acid groups (broad SMARTS) is 1. The molecule has 1 aliphatic rings. The number of hydrogen-bond acceptors (Lipinski definition) is 6. The molecule has 0 saturated carbocycles. The molecular weight excluding hydrogens is 320 g/mol. The first-order valence-corrected chi connectivity index (χ1v) is 8.18. The molecule has 0 spiro atoms. The van der Waals surface area contributed by atoms with E-state index in [4.69, 9.17) is 5.11 Å². The number of piperidine rings is 1. The van der Waals surface area contributed by atoms with Crippen molar-refractivity contribution in [3.8, 4) is 0 Å². The van der Waals surface area contributed by atoms with Crippen LogP contribution in [0.25, 0.3) is 0 Å². The van der Waals surface area contributed by atoms with Crippen LogP contribution in [0, 0.1) is 0 Å². The van der Waals surface area contributed by atoms with Gasteiger partial charge in [0.15, 0.2) is 0 Å². The molecule has 1 aliphatic heterocycles. The van der Waals surface area contributed by atoms with Crippen LogP contribution in [-0.4, -0.2) is 49.3 Å². The molecule has 2 N–H and O–H groups in total. The van der Waals surface area contributed by atoms with Crippen molar-refractivity contribution in [3.63, 3.8) is 0 Å². The number of likely N-dealkylation sites (tertiary alicyclic amines) is 1. The van der Waals surface area contributed by atoms with Crippen molar-refractivity contribution in [2.24, 2.45) is 0 Å². The Balaban J connectivity index is 2.19. The summed E-state index contributed by atoms with van der Waals surface area (Å²) in [5, 5.41) is 8.79. The summed E-state index contributed by atoms with van der Waals surface area (Å²) in [6.07, 6.45) is 0.151. The summed E-state index contributed by atoms with van der Waals surface area (Å²) < 4.78 is 26.3. The number of nitrogens with zero attached hydrogens (tertiary/aromatic N) is 1. The summed E-state index contributed by atoms with van der Waals surface area (Å²) in [5.41, 5.74) is 0. The minimum atomic E-state index is -4.00. The van der Waals surface area contributed by atoms with Gasteiger partial charge in [-0.15, -0.1) is 11.3 Å². The minimum Gasteiger partial charge on any atom is -0.477 e. The third-order valence-corrected chi connectivity index (χ3v) is 6.04. The number of likely N-dealkylation sites (N-methyl/N-ethyl adjacent to an activating group) is 1. The number of aromatic carboxylic acids is 1. The van der Waals surface area contributed by atoms with Gasteiger partial charge in [-0.05, 0) is 18.6 Å². The van der Waals surface area contributed by atoms with Crippen molar-refractivity contribution in [2.45, 2.75) is 23.1 Å². The van der Waals surface area contributed by atoms with Crippen molar-refractivity contribution in [3.05, 3.63) is 17.0 Å². The Bertz CT molecular complexity index is 708. The molecule has 2 rings (SSSR count). The van der Waals surface area contributed by atoms with Gasteiger partial charge in [0.1, 0.15) is 15.1 Å². The van der Waals surface area contributed by atoms with E-state index in [0.717, 1.165) is 4.90 Å². The molecule has 10 heteroatoms. The SMILES string of the molecule is CN1C(=O)CCC(NS(=O)(=O)c2ccc(C(=O)O)s2)C1=O. The molecule has 0 aliphatic carbocycles. The number of amides is 2. The third kappa shape index (κ3) is 3.12. The van der Waals surface area contributed by atoms with Crippen LogP contribution in [0.15, 0.2) is 16.3 Å². The average Bonchev–Trinajstić information content (AvgIpc) is 2.90. The second kappa shape index (κ2) is 5.54. The topological polar surface area (TPSA) is 121 Å². The first-order chi connectivity index (χ1) is 9.72. The maximum Gasteiger partial charge on any atom is 0.345 e. The summed E-state index contributed by atoms with van der Waals surface area (Å²) in [6.45, 7) is 0. The van der Waals surface area contributed by atoms with E-state index in [1.54, 1.807) is 0 Å². The Labute approximate surface area is 124 Å². The molecule has 1 aromatic heterocycles. The molecule has 2 amide bonds. The molecule has 8 nitrogen and oxygen atoms in total. The third-order valence-electron chi connectivity index (χ3n) is 3.00. The van der Waals surface area contributed by atoms with Crippen molar-refractivity contribution in [2.75, 3.05) is 7.05 Å². The largest absolute Gasteiger partial charge is 0.477 e. The second-order valence-corrected chi connectivity index (χ2v) is 7.45. The maximum absolute atomic E-state index is 12.1. The predicted molar refractivity (Wildman–Crippen MR) is 72.4 cm³/mol. The van der Waals surface area contributed by atoms with E-state index < -0.39 is 27.9 Å². The fourth-order valence-corrected chi connectivity index (χ4v) is 4.24. The fourth-order valence-electron chi connectivity index (χ4n) is 1.85. The normalized spacial score (nSPS) is 19.9. The molecule has 0 bridgehead atoms. The van der Waals surface area contributed by atoms with E-state index in [1.165, 1.54) is 19.2 Å². The Morgan fingerprint density at radius 1 is 1.43 bits per heavy atom. The van der Waals surface area contributed by atoms with Gasteiger partial charge in [0, 0.05) is 13.5 Å². The lowest BCUT2D eigenvalue weighted by Crippen LogP contribution is -2.52. The molecule has 1 unspecified atom stereocenters. The maximum atomic E-state index is 12.1. The van der Waals surface area contributed by atoms with E-state index in [1.807, 2.05) is 0 Å². The van der Waals surface area contributed by atoms with Crippen LogP contribution in [0.4, 0.5) is 0 Å². The van der Waals surface area contributed by atoms with E-state index in [9.17, 15) is 22.8 Å². The zero-order valence-electron chi connectivity index (χ0n) is 10.9. The number of carboxylic acids is 1. The lowest BCUT2D eigenvalue weighted by Gasteiger charge is -2.27. The van der Waals surface area contributed by atoms with Gasteiger partial charge in [-0.3, -0.25) is 14.5 Å². The number of hydrogen-bond donors (Lipinski definition) is 2. The number of nitrogens with one attached hydrogen (secondary N) is 1. The Kier molecular flexibility index (Phi) is 4.12. The smallest absolute Gasteiger partial charge is 0.345 e. The fraction of sp³-hybridized carbons (Fsp3) is 0.364. The van der Waals surface area contributed by atoms with Gasteiger partial charge in [-0.1, -0.05) is 0 Å². The van der Waals surface area contributed by atoms with Crippen molar-refractivity contribution in [1.29, 1.82) is 0 Å². The van der Waals surface area contributed by atoms with Crippen LogP contribution in [0.5, 0.6) is 0 Å². The summed E-state index contributed by atoms with van der Waals surface area (Å²) in [7, 11) is -2.71. The Morgan fingerprint density at radius 2 is 2.10 bits per heavy atom. The van der Waals surface area contributed by atoms with Gasteiger partial charge in [0.05, 0.1) is 0 Å². The van der Waals surface area contributed by atoms with Gasteiger partial charge < -0.3 is 5.11 Å². The van der Waals surface area contributed by atoms with Crippen molar-refractivity contribution in [1.82, 2.24) is 9.62 Å². The molecule has 21 heavy (non-hydrogen) atoms. The van der Waals surface area contributed by atoms with Gasteiger partial charge in [0.25, 0.3) is 10.0 Å². The molecular formula is C11H12N2O6S2. The van der Waals surface area contributed by atoms with Crippen LogP contribution in [0.3, 0.4) is 0 Å². The summed E-state index contributed by atoms with van der Waals surface area (Å²) in [4.78, 5) is 34.7. The predicted octanol–water partition coefficient (Wildman–Crippen LogP) is -0.128. The van der Waals surface area contributed by atoms with Crippen molar-refractivity contribution < 1.29 is 27.9 Å². The number of thiophene rings is 1. The summed E-state index contributed by atoms with van der Waals surface area (Å²) in [5.74, 6) is -2.20. The number of carbonyl (C=O) groups excluding carboxylic acids is 2. The highest BCUT2D eigenvalue weighted by atomic mass is 32.2. The highest BCUT2D eigenvalue weighted by molar-refractivity contribution is 7.91. The lowest BCUT2D eigenvalue weighted by atomic mass is 10.1. The molecule has 114 valence electrons. The first kappa shape index (κ1) is 15.6. The average molecular weight is 332 g/mol. The quantitative estimate of drug-likeness (QED) is 0.741. The second-order valence-electron chi connectivity index (χ2n) is 4.43. The minimum absolute atomic E-state index is 0.0697. The van der Waals surface area contributed by atoms with E-state index in [0.29, 0.717) is 11.3 Å². The van der Waals surface area contributed by atoms with Gasteiger partial charge in [-0.25, -0.2) is 13.2 Å². The summed E-state index contributed by atoms with van der Waals surface area (Å²) in [6, 6.07) is 1.33. The van der Waals surface area contributed by atoms with Gasteiger partial charge in [-0.2, -0.15) is 4.72 Å². The molecule has 1 aromatic rings. The van der Waals surface area contributed by atoms with E-state index in [-0.39, 0.29) is 27.8 Å². The number of carbonyl (C=O) groups is 3. The Morgan fingerprint density at radius 3 is 2.67 bits per heavy atom. The van der Waals surface area contributed by atoms with Crippen LogP contribution in [0.1, 0.15) is 22.5 Å². The summed E-state index contributed by atoms with van der Waals surface area (Å²) >= 11 is 0.597. The lowest BCUT2D eigenvalue weighted by molar-refractivity contribution is -0.147. The van der Waals surface area contributed by atoms with Crippen LogP contribution in [0.2, 0.25) is 0 Å². The van der Waals surface area contributed by atoms with Crippen LogP contribution < -0.4 is 4.72 Å². The molecule has 1 saturated heterocycles. The van der Waals surface area contributed by atoms with Gasteiger partial charge >= 0.3 is 5.97 Å². The molecule has 0 aromatic carbocycles. The zero-order valence-corrected chi connectivity index (χ0v) is 12.5. The van der Waals surface area contributed by atoms with Crippen molar-refractivity contribution >= 4 is 39.1 Å². The highest BCUT2D eigenvalue weighted by Gasteiger charge is 2.35. The first-order valence-electron chi connectivity index (χ1n) is 5.88. The monoisotopic (exact) mass is 332 g/mol. The molecule has 1 atom stereocenters. The van der Waals surface area contributed by atoms with E-state index >= 15 is 0 Å². The zero-order chi connectivity index (χ0) is 15.8. The highest BCUT2D eigenvalue weighted by Crippen LogP contribution is 2.23. The van der Waals surface area contributed by atoms with Crippen LogP contribution >= 0.6 is 11.3 Å². The molecule has 1 fully saturated rings. The van der Waals surface area contributed by atoms with Gasteiger partial charge in [0.2, 0.25) is 11.8 Å². The Hall–Kier alpha value is -1.78. The molecule has 0 radical (unpaired) electrons.